The van der Waals surface area contributed by atoms with Crippen molar-refractivity contribution in [3.05, 3.63) is 23.7 Å². The molecule has 0 spiro atoms. The van der Waals surface area contributed by atoms with Gasteiger partial charge in [0.2, 0.25) is 0 Å². The molecule has 16 heavy (non-hydrogen) atoms. The maximum absolute atomic E-state index is 5.75. The van der Waals surface area contributed by atoms with Crippen molar-refractivity contribution in [2.75, 3.05) is 6.54 Å². The van der Waals surface area contributed by atoms with Crippen molar-refractivity contribution in [2.45, 2.75) is 52.5 Å². The Bertz CT molecular complexity index is 338. The number of aryl methyl sites for hydroxylation is 1. The van der Waals surface area contributed by atoms with Crippen LogP contribution in [0.5, 0.6) is 0 Å². The maximum Gasteiger partial charge on any atom is 0.120 e. The fourth-order valence-corrected chi connectivity index (χ4v) is 2.27. The number of furan rings is 1. The van der Waals surface area contributed by atoms with Gasteiger partial charge < -0.3 is 9.73 Å². The Morgan fingerprint density at radius 2 is 2.19 bits per heavy atom. The molecule has 0 radical (unpaired) electrons. The van der Waals surface area contributed by atoms with Gasteiger partial charge in [-0.3, -0.25) is 0 Å². The van der Waals surface area contributed by atoms with E-state index in [1.165, 1.54) is 19.3 Å². The van der Waals surface area contributed by atoms with Gasteiger partial charge in [0.25, 0.3) is 0 Å². The Morgan fingerprint density at radius 3 is 2.69 bits per heavy atom. The highest BCUT2D eigenvalue weighted by Gasteiger charge is 2.31. The lowest BCUT2D eigenvalue weighted by Gasteiger charge is -2.39. The molecule has 1 atom stereocenters. The Hall–Kier alpha value is -0.760. The average molecular weight is 221 g/mol. The van der Waals surface area contributed by atoms with Crippen LogP contribution in [-0.2, 0) is 6.42 Å². The zero-order chi connectivity index (χ0) is 11.6. The van der Waals surface area contributed by atoms with Crippen molar-refractivity contribution in [2.24, 2.45) is 5.41 Å². The molecular formula is C14H23NO. The van der Waals surface area contributed by atoms with E-state index in [-0.39, 0.29) is 0 Å². The Balaban J connectivity index is 1.85. The largest absolute Gasteiger partial charge is 0.464 e. The number of hydrogen-bond donors (Lipinski definition) is 1. The van der Waals surface area contributed by atoms with Gasteiger partial charge in [0.05, 0.1) is 6.04 Å². The fourth-order valence-electron chi connectivity index (χ4n) is 2.27. The van der Waals surface area contributed by atoms with Crippen LogP contribution < -0.4 is 5.32 Å². The molecule has 1 saturated carbocycles. The third-order valence-corrected chi connectivity index (χ3v) is 3.85. The molecule has 1 aromatic heterocycles. The summed E-state index contributed by atoms with van der Waals surface area (Å²) in [5.74, 6) is 2.15. The van der Waals surface area contributed by atoms with Gasteiger partial charge in [-0.1, -0.05) is 20.3 Å². The van der Waals surface area contributed by atoms with E-state index in [0.29, 0.717) is 11.5 Å². The second-order valence-electron chi connectivity index (χ2n) is 5.42. The molecule has 1 aliphatic rings. The standard InChI is InChI=1S/C14H23NO/c1-4-12-6-7-13(16-12)11(2)15-10-14(3)8-5-9-14/h6-7,11,15H,4-5,8-10H2,1-3H3. The molecule has 2 rings (SSSR count). The van der Waals surface area contributed by atoms with E-state index in [1.807, 2.05) is 0 Å². The summed E-state index contributed by atoms with van der Waals surface area (Å²) >= 11 is 0. The first kappa shape index (κ1) is 11.7. The minimum absolute atomic E-state index is 0.331. The lowest BCUT2D eigenvalue weighted by atomic mass is 9.70. The van der Waals surface area contributed by atoms with Crippen molar-refractivity contribution < 1.29 is 4.42 Å². The monoisotopic (exact) mass is 221 g/mol. The molecule has 90 valence electrons. The summed E-state index contributed by atoms with van der Waals surface area (Å²) in [6.07, 6.45) is 5.11. The van der Waals surface area contributed by atoms with Gasteiger partial charge in [-0.2, -0.15) is 0 Å². The van der Waals surface area contributed by atoms with Gasteiger partial charge in [-0.05, 0) is 37.3 Å². The quantitative estimate of drug-likeness (QED) is 0.820. The lowest BCUT2D eigenvalue weighted by molar-refractivity contribution is 0.150. The second kappa shape index (κ2) is 4.62. The van der Waals surface area contributed by atoms with Crippen LogP contribution in [0.1, 0.15) is 57.6 Å². The molecule has 0 bridgehead atoms. The summed E-state index contributed by atoms with van der Waals surface area (Å²) in [5.41, 5.74) is 0.536. The second-order valence-corrected chi connectivity index (χ2v) is 5.42. The number of rotatable bonds is 5. The summed E-state index contributed by atoms with van der Waals surface area (Å²) in [5, 5.41) is 3.59. The molecule has 1 fully saturated rings. The molecule has 0 aliphatic heterocycles. The first-order valence-corrected chi connectivity index (χ1v) is 6.45. The summed E-state index contributed by atoms with van der Waals surface area (Å²) in [6, 6.07) is 4.51. The molecule has 1 aliphatic carbocycles. The molecular weight excluding hydrogens is 198 g/mol. The van der Waals surface area contributed by atoms with Crippen molar-refractivity contribution in [3.63, 3.8) is 0 Å². The van der Waals surface area contributed by atoms with E-state index in [9.17, 15) is 0 Å². The van der Waals surface area contributed by atoms with Crippen LogP contribution in [0.2, 0.25) is 0 Å². The van der Waals surface area contributed by atoms with E-state index >= 15 is 0 Å². The highest BCUT2D eigenvalue weighted by atomic mass is 16.3. The van der Waals surface area contributed by atoms with Crippen LogP contribution in [0.3, 0.4) is 0 Å². The maximum atomic E-state index is 5.75. The third-order valence-electron chi connectivity index (χ3n) is 3.85. The zero-order valence-electron chi connectivity index (χ0n) is 10.7. The number of nitrogens with one attached hydrogen (secondary N) is 1. The predicted molar refractivity (Wildman–Crippen MR) is 66.5 cm³/mol. The fraction of sp³-hybridized carbons (Fsp3) is 0.714. The van der Waals surface area contributed by atoms with Crippen molar-refractivity contribution in [1.82, 2.24) is 5.32 Å². The van der Waals surface area contributed by atoms with Crippen molar-refractivity contribution in [3.8, 4) is 0 Å². The normalized spacial score (nSPS) is 20.4. The van der Waals surface area contributed by atoms with Gasteiger partial charge >= 0.3 is 0 Å². The van der Waals surface area contributed by atoms with Crippen molar-refractivity contribution in [1.29, 1.82) is 0 Å². The summed E-state index contributed by atoms with van der Waals surface area (Å²) in [7, 11) is 0. The van der Waals surface area contributed by atoms with E-state index in [1.54, 1.807) is 0 Å². The molecule has 1 aromatic rings. The molecule has 1 N–H and O–H groups in total. The first-order valence-electron chi connectivity index (χ1n) is 6.45. The Morgan fingerprint density at radius 1 is 1.44 bits per heavy atom. The topological polar surface area (TPSA) is 25.2 Å². The smallest absolute Gasteiger partial charge is 0.120 e. The molecule has 0 amide bonds. The minimum Gasteiger partial charge on any atom is -0.464 e. The molecule has 2 nitrogen and oxygen atoms in total. The van der Waals surface area contributed by atoms with Gasteiger partial charge in [0.1, 0.15) is 11.5 Å². The van der Waals surface area contributed by atoms with Crippen LogP contribution in [0.15, 0.2) is 16.5 Å². The van der Waals surface area contributed by atoms with Gasteiger partial charge in [0.15, 0.2) is 0 Å². The SMILES string of the molecule is CCc1ccc(C(C)NCC2(C)CCC2)o1. The van der Waals surface area contributed by atoms with Crippen LogP contribution in [0.4, 0.5) is 0 Å². The van der Waals surface area contributed by atoms with Crippen LogP contribution in [0.25, 0.3) is 0 Å². The first-order chi connectivity index (χ1) is 7.63. The van der Waals surface area contributed by atoms with E-state index in [0.717, 1.165) is 24.5 Å². The molecule has 1 heterocycles. The summed E-state index contributed by atoms with van der Waals surface area (Å²) in [4.78, 5) is 0. The average Bonchev–Trinajstić information content (AvgIpc) is 2.71. The van der Waals surface area contributed by atoms with E-state index in [4.69, 9.17) is 4.42 Å². The van der Waals surface area contributed by atoms with Crippen molar-refractivity contribution >= 4 is 0 Å². The van der Waals surface area contributed by atoms with Crippen LogP contribution in [0, 0.1) is 5.41 Å². The highest BCUT2D eigenvalue weighted by Crippen LogP contribution is 2.39. The molecule has 1 unspecified atom stereocenters. The highest BCUT2D eigenvalue weighted by molar-refractivity contribution is 5.10. The number of hydrogen-bond acceptors (Lipinski definition) is 2. The Kier molecular flexibility index (Phi) is 3.38. The Labute approximate surface area is 98.4 Å². The van der Waals surface area contributed by atoms with Gasteiger partial charge in [-0.15, -0.1) is 0 Å². The molecule has 0 saturated heterocycles. The van der Waals surface area contributed by atoms with Gasteiger partial charge in [-0.25, -0.2) is 0 Å². The minimum atomic E-state index is 0.331. The molecule has 2 heteroatoms. The van der Waals surface area contributed by atoms with Gasteiger partial charge in [0, 0.05) is 13.0 Å². The lowest BCUT2D eigenvalue weighted by Crippen LogP contribution is -2.38. The zero-order valence-corrected chi connectivity index (χ0v) is 10.7. The van der Waals surface area contributed by atoms with Crippen LogP contribution >= 0.6 is 0 Å². The molecule has 0 aromatic carbocycles. The third kappa shape index (κ3) is 2.49. The van der Waals surface area contributed by atoms with E-state index < -0.39 is 0 Å². The summed E-state index contributed by atoms with van der Waals surface area (Å²) < 4.78 is 5.75. The summed E-state index contributed by atoms with van der Waals surface area (Å²) in [6.45, 7) is 7.78. The van der Waals surface area contributed by atoms with Crippen LogP contribution in [-0.4, -0.2) is 6.54 Å². The van der Waals surface area contributed by atoms with E-state index in [2.05, 4.69) is 38.2 Å². The predicted octanol–water partition coefficient (Wildman–Crippen LogP) is 3.68.